The molecule has 0 bridgehead atoms. The molecular formula is C15H15FN2O. The van der Waals surface area contributed by atoms with Gasteiger partial charge in [0.1, 0.15) is 0 Å². The number of benzene rings is 1. The Labute approximate surface area is 111 Å². The fourth-order valence-corrected chi connectivity index (χ4v) is 2.34. The average molecular weight is 258 g/mol. The van der Waals surface area contributed by atoms with Crippen LogP contribution in [0.5, 0.6) is 0 Å². The Bertz CT molecular complexity index is 587. The van der Waals surface area contributed by atoms with Gasteiger partial charge in [0.05, 0.1) is 17.4 Å². The van der Waals surface area contributed by atoms with E-state index in [1.807, 2.05) is 18.2 Å². The molecule has 0 atom stereocenters. The summed E-state index contributed by atoms with van der Waals surface area (Å²) in [5.74, 6) is -0.258. The highest BCUT2D eigenvalue weighted by atomic mass is 19.1. The van der Waals surface area contributed by atoms with Crippen LogP contribution in [0.25, 0.3) is 5.69 Å². The molecule has 0 N–H and O–H groups in total. The first-order valence-electron chi connectivity index (χ1n) is 6.58. The first-order chi connectivity index (χ1) is 9.25. The van der Waals surface area contributed by atoms with Crippen molar-refractivity contribution in [2.45, 2.75) is 25.7 Å². The zero-order chi connectivity index (χ0) is 13.2. The van der Waals surface area contributed by atoms with Gasteiger partial charge in [-0.25, -0.2) is 4.68 Å². The summed E-state index contributed by atoms with van der Waals surface area (Å²) in [7, 11) is 0. The number of Topliss-reactive ketones (excluding diaryl/α,β-unsaturated/α-hetero) is 1. The molecule has 1 aliphatic carbocycles. The lowest BCUT2D eigenvalue weighted by atomic mass is 9.81. The smallest absolute Gasteiger partial charge is 0.227 e. The molecule has 1 aromatic carbocycles. The summed E-state index contributed by atoms with van der Waals surface area (Å²) in [6.45, 7) is 0. The lowest BCUT2D eigenvalue weighted by molar-refractivity contribution is 0.0932. The standard InChI is InChI=1S/C15H15FN2O/c16-15-13(14(19)9-11-5-4-6-11)10-17-18(15)12-7-2-1-3-8-12/h1-3,7-8,10-11H,4-6,9H2. The fraction of sp³-hybridized carbons (Fsp3) is 0.333. The highest BCUT2D eigenvalue weighted by Crippen LogP contribution is 2.30. The van der Waals surface area contributed by atoms with Crippen molar-refractivity contribution in [3.05, 3.63) is 48.0 Å². The van der Waals surface area contributed by atoms with E-state index in [9.17, 15) is 9.18 Å². The number of aromatic nitrogens is 2. The summed E-state index contributed by atoms with van der Waals surface area (Å²) in [4.78, 5) is 12.0. The number of carbonyl (C=O) groups excluding carboxylic acids is 1. The highest BCUT2D eigenvalue weighted by Gasteiger charge is 2.25. The molecule has 4 heteroatoms. The third-order valence-electron chi connectivity index (χ3n) is 3.71. The minimum atomic E-state index is -0.560. The van der Waals surface area contributed by atoms with Crippen LogP contribution >= 0.6 is 0 Å². The van der Waals surface area contributed by atoms with E-state index in [0.29, 0.717) is 18.0 Å². The monoisotopic (exact) mass is 258 g/mol. The molecular weight excluding hydrogens is 243 g/mol. The summed E-state index contributed by atoms with van der Waals surface area (Å²) >= 11 is 0. The normalized spacial score (nSPS) is 15.2. The van der Waals surface area contributed by atoms with Gasteiger partial charge in [-0.1, -0.05) is 37.5 Å². The van der Waals surface area contributed by atoms with Crippen molar-refractivity contribution in [3.63, 3.8) is 0 Å². The lowest BCUT2D eigenvalue weighted by Crippen LogP contribution is -2.16. The molecule has 1 fully saturated rings. The number of para-hydroxylation sites is 1. The molecule has 0 unspecified atom stereocenters. The summed E-state index contributed by atoms with van der Waals surface area (Å²) in [6, 6.07) is 9.00. The van der Waals surface area contributed by atoms with Crippen molar-refractivity contribution in [3.8, 4) is 5.69 Å². The first-order valence-corrected chi connectivity index (χ1v) is 6.58. The van der Waals surface area contributed by atoms with Gasteiger partial charge in [-0.05, 0) is 18.1 Å². The maximum atomic E-state index is 14.2. The zero-order valence-corrected chi connectivity index (χ0v) is 10.6. The fourth-order valence-electron chi connectivity index (χ4n) is 2.34. The van der Waals surface area contributed by atoms with Crippen LogP contribution < -0.4 is 0 Å². The number of halogens is 1. The van der Waals surface area contributed by atoms with Crippen LogP contribution in [-0.4, -0.2) is 15.6 Å². The van der Waals surface area contributed by atoms with Gasteiger partial charge < -0.3 is 0 Å². The molecule has 19 heavy (non-hydrogen) atoms. The summed E-state index contributed by atoms with van der Waals surface area (Å²) in [6.07, 6.45) is 5.13. The molecule has 1 heterocycles. The molecule has 1 saturated carbocycles. The van der Waals surface area contributed by atoms with Crippen molar-refractivity contribution in [2.75, 3.05) is 0 Å². The number of nitrogens with zero attached hydrogens (tertiary/aromatic N) is 2. The minimum Gasteiger partial charge on any atom is -0.294 e. The molecule has 0 aliphatic heterocycles. The third-order valence-corrected chi connectivity index (χ3v) is 3.71. The molecule has 98 valence electrons. The van der Waals surface area contributed by atoms with E-state index in [1.54, 1.807) is 12.1 Å². The van der Waals surface area contributed by atoms with Gasteiger partial charge in [-0.2, -0.15) is 9.49 Å². The second kappa shape index (κ2) is 4.96. The summed E-state index contributed by atoms with van der Waals surface area (Å²) in [5.41, 5.74) is 0.735. The van der Waals surface area contributed by atoms with Crippen molar-refractivity contribution in [1.82, 2.24) is 9.78 Å². The quantitative estimate of drug-likeness (QED) is 0.788. The Morgan fingerprint density at radius 1 is 1.32 bits per heavy atom. The minimum absolute atomic E-state index is 0.107. The highest BCUT2D eigenvalue weighted by molar-refractivity contribution is 5.96. The van der Waals surface area contributed by atoms with Gasteiger partial charge in [0, 0.05) is 6.42 Å². The molecule has 2 aromatic rings. The Morgan fingerprint density at radius 2 is 2.05 bits per heavy atom. The van der Waals surface area contributed by atoms with Crippen molar-refractivity contribution < 1.29 is 9.18 Å². The van der Waals surface area contributed by atoms with Crippen LogP contribution in [-0.2, 0) is 0 Å². The molecule has 0 spiro atoms. The van der Waals surface area contributed by atoms with Crippen LogP contribution in [0.15, 0.2) is 36.5 Å². The zero-order valence-electron chi connectivity index (χ0n) is 10.6. The van der Waals surface area contributed by atoms with E-state index >= 15 is 0 Å². The molecule has 0 radical (unpaired) electrons. The van der Waals surface area contributed by atoms with Gasteiger partial charge in [-0.15, -0.1) is 0 Å². The molecule has 1 aromatic heterocycles. The van der Waals surface area contributed by atoms with Crippen LogP contribution in [0, 0.1) is 11.9 Å². The molecule has 3 rings (SSSR count). The van der Waals surface area contributed by atoms with E-state index in [-0.39, 0.29) is 11.3 Å². The predicted molar refractivity (Wildman–Crippen MR) is 69.8 cm³/mol. The van der Waals surface area contributed by atoms with E-state index in [2.05, 4.69) is 5.10 Å². The third kappa shape index (κ3) is 2.30. The van der Waals surface area contributed by atoms with Crippen molar-refractivity contribution in [1.29, 1.82) is 0 Å². The lowest BCUT2D eigenvalue weighted by Gasteiger charge is -2.24. The Hall–Kier alpha value is -1.97. The number of rotatable bonds is 4. The van der Waals surface area contributed by atoms with Gasteiger partial charge in [0.25, 0.3) is 0 Å². The number of ketones is 1. The van der Waals surface area contributed by atoms with Crippen LogP contribution in [0.2, 0.25) is 0 Å². The number of carbonyl (C=O) groups is 1. The van der Waals surface area contributed by atoms with Crippen LogP contribution in [0.3, 0.4) is 0 Å². The van der Waals surface area contributed by atoms with Gasteiger partial charge in [0.2, 0.25) is 5.95 Å². The Balaban J connectivity index is 1.84. The Kier molecular flexibility index (Phi) is 3.15. The second-order valence-electron chi connectivity index (χ2n) is 5.02. The van der Waals surface area contributed by atoms with E-state index in [4.69, 9.17) is 0 Å². The molecule has 0 amide bonds. The van der Waals surface area contributed by atoms with Crippen molar-refractivity contribution in [2.24, 2.45) is 5.92 Å². The number of hydrogen-bond acceptors (Lipinski definition) is 2. The molecule has 1 aliphatic rings. The van der Waals surface area contributed by atoms with E-state index in [1.165, 1.54) is 17.3 Å². The largest absolute Gasteiger partial charge is 0.294 e. The predicted octanol–water partition coefficient (Wildman–Crippen LogP) is 3.38. The van der Waals surface area contributed by atoms with Gasteiger partial charge >= 0.3 is 0 Å². The van der Waals surface area contributed by atoms with Crippen LogP contribution in [0.4, 0.5) is 4.39 Å². The molecule has 3 nitrogen and oxygen atoms in total. The average Bonchev–Trinajstić information content (AvgIpc) is 2.77. The SMILES string of the molecule is O=C(CC1CCC1)c1cnn(-c2ccccc2)c1F. The van der Waals surface area contributed by atoms with Crippen LogP contribution in [0.1, 0.15) is 36.0 Å². The Morgan fingerprint density at radius 3 is 2.68 bits per heavy atom. The first kappa shape index (κ1) is 12.1. The van der Waals surface area contributed by atoms with Gasteiger partial charge in [0.15, 0.2) is 5.78 Å². The maximum Gasteiger partial charge on any atom is 0.227 e. The van der Waals surface area contributed by atoms with Gasteiger partial charge in [-0.3, -0.25) is 4.79 Å². The summed E-state index contributed by atoms with van der Waals surface area (Å²) < 4.78 is 15.4. The van der Waals surface area contributed by atoms with E-state index < -0.39 is 5.95 Å². The summed E-state index contributed by atoms with van der Waals surface area (Å²) in [5, 5.41) is 3.98. The van der Waals surface area contributed by atoms with Crippen molar-refractivity contribution >= 4 is 5.78 Å². The maximum absolute atomic E-state index is 14.2. The number of hydrogen-bond donors (Lipinski definition) is 0. The molecule has 0 saturated heterocycles. The van der Waals surface area contributed by atoms with E-state index in [0.717, 1.165) is 12.8 Å². The topological polar surface area (TPSA) is 34.9 Å². The second-order valence-corrected chi connectivity index (χ2v) is 5.02.